The summed E-state index contributed by atoms with van der Waals surface area (Å²) in [5.74, 6) is -4.72. The first-order valence-electron chi connectivity index (χ1n) is 13.4. The van der Waals surface area contributed by atoms with E-state index in [1.54, 1.807) is 0 Å². The number of primary sulfonamides is 1. The van der Waals surface area contributed by atoms with E-state index in [1.807, 2.05) is 0 Å². The Morgan fingerprint density at radius 3 is 2.43 bits per heavy atom. The van der Waals surface area contributed by atoms with Crippen LogP contribution >= 0.6 is 34.7 Å². The number of sulfonamides is 1. The molecule has 2 aliphatic rings. The quantitative estimate of drug-likeness (QED) is 0.233. The van der Waals surface area contributed by atoms with E-state index in [4.69, 9.17) is 21.5 Å². The van der Waals surface area contributed by atoms with Crippen molar-refractivity contribution < 1.29 is 40.7 Å². The molecule has 1 saturated heterocycles. The molecule has 18 heteroatoms. The molecule has 6 rings (SSSR count). The van der Waals surface area contributed by atoms with Crippen LogP contribution in [0.3, 0.4) is 0 Å². The summed E-state index contributed by atoms with van der Waals surface area (Å²) >= 11 is 7.99. The van der Waals surface area contributed by atoms with Crippen LogP contribution in [-0.4, -0.2) is 43.0 Å². The van der Waals surface area contributed by atoms with E-state index in [1.165, 1.54) is 48.5 Å². The number of aromatic nitrogens is 1. The van der Waals surface area contributed by atoms with E-state index in [0.29, 0.717) is 9.78 Å². The van der Waals surface area contributed by atoms with E-state index in [2.05, 4.69) is 10.3 Å². The third-order valence-electron chi connectivity index (χ3n) is 7.41. The lowest BCUT2D eigenvalue weighted by Crippen LogP contribution is -2.33. The van der Waals surface area contributed by atoms with Crippen LogP contribution in [0.25, 0.3) is 0 Å². The number of thiazole rings is 1. The highest BCUT2D eigenvalue weighted by Crippen LogP contribution is 2.55. The number of para-hydroxylation sites is 1. The molecule has 3 aromatic carbocycles. The molecule has 0 bridgehead atoms. The van der Waals surface area contributed by atoms with Crippen molar-refractivity contribution in [1.82, 2.24) is 4.98 Å². The minimum Gasteiger partial charge on any atom is -0.483 e. The number of nitrogens with zero attached hydrogens (tertiary/aromatic N) is 1. The van der Waals surface area contributed by atoms with E-state index < -0.39 is 73.7 Å². The fraction of sp³-hybridized carbons (Fsp3) is 0.172. The van der Waals surface area contributed by atoms with E-state index >= 15 is 0 Å². The van der Waals surface area contributed by atoms with Gasteiger partial charge in [0.2, 0.25) is 21.8 Å². The lowest BCUT2D eigenvalue weighted by Gasteiger charge is -2.31. The van der Waals surface area contributed by atoms with Crippen molar-refractivity contribution in [3.05, 3.63) is 97.4 Å². The van der Waals surface area contributed by atoms with E-state index in [9.17, 15) is 40.8 Å². The van der Waals surface area contributed by atoms with Crippen molar-refractivity contribution in [2.75, 3.05) is 16.8 Å². The molecule has 4 N–H and O–H groups in total. The molecule has 11 nitrogen and oxygen atoms in total. The minimum absolute atomic E-state index is 0.0611. The number of anilines is 2. The number of H-pyrrole nitrogens is 1. The maximum Gasteiger partial charge on any atom is 0.418 e. The van der Waals surface area contributed by atoms with Crippen LogP contribution < -0.4 is 25.0 Å². The number of hydrogen-bond donors (Lipinski definition) is 3. The van der Waals surface area contributed by atoms with Gasteiger partial charge in [0, 0.05) is 27.1 Å². The monoisotopic (exact) mass is 724 g/mol. The van der Waals surface area contributed by atoms with Crippen LogP contribution in [-0.2, 0) is 30.6 Å². The lowest BCUT2D eigenvalue weighted by molar-refractivity contribution is -0.137. The van der Waals surface area contributed by atoms with Crippen LogP contribution in [0.15, 0.2) is 81.4 Å². The molecule has 47 heavy (non-hydrogen) atoms. The molecule has 2 aliphatic heterocycles. The smallest absolute Gasteiger partial charge is 0.418 e. The first-order chi connectivity index (χ1) is 22.1. The number of carbonyl (C=O) groups is 3. The number of amides is 3. The third-order valence-corrected chi connectivity index (χ3v) is 11.0. The maximum absolute atomic E-state index is 14.0. The Morgan fingerprint density at radius 2 is 1.74 bits per heavy atom. The Balaban J connectivity index is 1.34. The first kappa shape index (κ1) is 32.8. The highest BCUT2D eigenvalue weighted by Gasteiger charge is 2.57. The van der Waals surface area contributed by atoms with Crippen molar-refractivity contribution >= 4 is 73.8 Å². The van der Waals surface area contributed by atoms with Gasteiger partial charge in [-0.15, -0.1) is 0 Å². The number of thioether (sulfide) groups is 1. The van der Waals surface area contributed by atoms with Gasteiger partial charge in [-0.3, -0.25) is 19.2 Å². The van der Waals surface area contributed by atoms with Gasteiger partial charge < -0.3 is 15.0 Å². The topological polar surface area (TPSA) is 169 Å². The fourth-order valence-electron chi connectivity index (χ4n) is 5.46. The number of alkyl halides is 3. The number of imide groups is 1. The Kier molecular flexibility index (Phi) is 8.46. The van der Waals surface area contributed by atoms with Gasteiger partial charge >= 0.3 is 11.0 Å². The van der Waals surface area contributed by atoms with E-state index in [0.717, 1.165) is 41.3 Å². The Bertz CT molecular complexity index is 2100. The van der Waals surface area contributed by atoms with Crippen LogP contribution in [0.2, 0.25) is 5.02 Å². The third kappa shape index (κ3) is 6.28. The van der Waals surface area contributed by atoms with Crippen molar-refractivity contribution in [1.29, 1.82) is 0 Å². The molecule has 3 unspecified atom stereocenters. The van der Waals surface area contributed by atoms with Crippen molar-refractivity contribution in [2.45, 2.75) is 27.3 Å². The number of nitrogens with two attached hydrogens (primary N) is 1. The highest BCUT2D eigenvalue weighted by molar-refractivity contribution is 8.00. The highest BCUT2D eigenvalue weighted by atomic mass is 35.5. The Labute approximate surface area is 276 Å². The van der Waals surface area contributed by atoms with E-state index in [-0.39, 0.29) is 31.9 Å². The average molecular weight is 725 g/mol. The second kappa shape index (κ2) is 12.1. The summed E-state index contributed by atoms with van der Waals surface area (Å²) in [7, 11) is -3.94. The zero-order valence-corrected chi connectivity index (χ0v) is 26.6. The predicted octanol–water partition coefficient (Wildman–Crippen LogP) is 4.57. The normalized spacial score (nSPS) is 19.3. The second-order valence-electron chi connectivity index (χ2n) is 10.4. The largest absolute Gasteiger partial charge is 0.483 e. The van der Waals surface area contributed by atoms with Crippen molar-refractivity contribution in [3.8, 4) is 5.75 Å². The molecule has 3 amide bonds. The molecular weight excluding hydrogens is 705 g/mol. The van der Waals surface area contributed by atoms with Gasteiger partial charge in [0.1, 0.15) is 11.0 Å². The van der Waals surface area contributed by atoms with Gasteiger partial charge in [0.05, 0.1) is 27.1 Å². The molecule has 0 aliphatic carbocycles. The molecule has 3 atom stereocenters. The summed E-state index contributed by atoms with van der Waals surface area (Å²) in [6.45, 7) is -0.574. The van der Waals surface area contributed by atoms with Crippen LogP contribution in [0.5, 0.6) is 5.75 Å². The van der Waals surface area contributed by atoms with Crippen molar-refractivity contribution in [3.63, 3.8) is 0 Å². The molecular formula is C29H20ClF3N4O7S3. The van der Waals surface area contributed by atoms with Gasteiger partial charge in [0.25, 0.3) is 5.91 Å². The summed E-state index contributed by atoms with van der Waals surface area (Å²) in [5.41, 5.74) is -1.31. The van der Waals surface area contributed by atoms with Crippen LogP contribution in [0, 0.1) is 5.92 Å². The number of carbonyl (C=O) groups excluding carboxylic acids is 3. The maximum atomic E-state index is 14.0. The molecule has 3 heterocycles. The number of ether oxygens (including phenoxy) is 1. The predicted molar refractivity (Wildman–Crippen MR) is 167 cm³/mol. The summed E-state index contributed by atoms with van der Waals surface area (Å²) < 4.78 is 70.6. The van der Waals surface area contributed by atoms with Gasteiger partial charge in [-0.1, -0.05) is 46.8 Å². The number of fused-ring (bicyclic) bond motifs is 2. The summed E-state index contributed by atoms with van der Waals surface area (Å²) in [6, 6.07) is 13.6. The van der Waals surface area contributed by atoms with Crippen molar-refractivity contribution in [2.24, 2.45) is 11.1 Å². The number of aromatic amines is 1. The van der Waals surface area contributed by atoms with Gasteiger partial charge in [-0.25, -0.2) is 18.5 Å². The Hall–Kier alpha value is -4.16. The number of halogens is 4. The van der Waals surface area contributed by atoms with Gasteiger partial charge in [0.15, 0.2) is 6.61 Å². The zero-order valence-electron chi connectivity index (χ0n) is 23.4. The molecule has 0 spiro atoms. The second-order valence-corrected chi connectivity index (χ2v) is 14.5. The molecule has 0 radical (unpaired) electrons. The minimum atomic E-state index is -4.86. The first-order valence-corrected chi connectivity index (χ1v) is 17.0. The van der Waals surface area contributed by atoms with Gasteiger partial charge in [-0.05, 0) is 54.6 Å². The summed E-state index contributed by atoms with van der Waals surface area (Å²) in [6.07, 6.45) is -4.86. The summed E-state index contributed by atoms with van der Waals surface area (Å²) in [5, 5.41) is 6.88. The summed E-state index contributed by atoms with van der Waals surface area (Å²) in [4.78, 5) is 55.9. The molecule has 1 fully saturated rings. The number of nitrogens with one attached hydrogen (secondary N) is 2. The van der Waals surface area contributed by atoms with Crippen LogP contribution in [0.1, 0.15) is 21.9 Å². The number of rotatable bonds is 7. The fourth-order valence-corrected chi connectivity index (χ4v) is 8.66. The SMILES string of the molecule is NS(=O)(=O)c1ccc(NC(=O)COc2ccc(Cl)cc2C2c3sc(=O)[nH]c3SC3C(=O)N(c4ccccc4C(F)(F)F)C(=O)C32)cc1. The molecule has 1 aromatic heterocycles. The molecule has 4 aromatic rings. The van der Waals surface area contributed by atoms with Crippen LogP contribution in [0.4, 0.5) is 24.5 Å². The molecule has 244 valence electrons. The standard InChI is InChI=1S/C29H20ClF3N4O7S3/c30-13-5-10-19(44-12-20(38)35-14-6-8-15(9-7-14)47(34,42)43)16(11-13)21-22-24(45-25-23(21)46-28(41)36-25)27(40)37(26(22)39)18-4-2-1-3-17(18)29(31,32)33/h1-11,21-22,24H,12H2,(H,35,38)(H,36,41)(H2,34,42,43). The molecule has 0 saturated carbocycles. The zero-order chi connectivity index (χ0) is 33.8. The van der Waals surface area contributed by atoms with Gasteiger partial charge in [-0.2, -0.15) is 13.2 Å². The number of hydrogen-bond acceptors (Lipinski definition) is 9. The number of benzene rings is 3. The Morgan fingerprint density at radius 1 is 1.04 bits per heavy atom. The average Bonchev–Trinajstić information content (AvgIpc) is 3.49. The lowest BCUT2D eigenvalue weighted by atomic mass is 9.82.